The number of anilines is 1. The molecule has 18 heavy (non-hydrogen) atoms. The number of nitrogens with one attached hydrogen (secondary N) is 1. The topological polar surface area (TPSA) is 65.8 Å². The minimum atomic E-state index is -0.306. The molecule has 1 aromatic carbocycles. The zero-order chi connectivity index (χ0) is 13.1. The number of para-hydroxylation sites is 1. The molecule has 0 aliphatic heterocycles. The molecule has 2 aromatic rings. The molecule has 0 aliphatic rings. The minimum Gasteiger partial charge on any atom is -0.320 e. The fourth-order valence-electron chi connectivity index (χ4n) is 1.40. The summed E-state index contributed by atoms with van der Waals surface area (Å²) in [6, 6.07) is 8.83. The number of hydrogen-bond donors (Lipinski definition) is 1. The molecule has 1 amide bonds. The van der Waals surface area contributed by atoms with Crippen molar-refractivity contribution in [3.8, 4) is 6.07 Å². The number of amides is 1. The molecule has 0 bridgehead atoms. The van der Waals surface area contributed by atoms with Gasteiger partial charge in [0.25, 0.3) is 5.91 Å². The van der Waals surface area contributed by atoms with E-state index in [-0.39, 0.29) is 5.91 Å². The van der Waals surface area contributed by atoms with Gasteiger partial charge in [-0.25, -0.2) is 0 Å². The summed E-state index contributed by atoms with van der Waals surface area (Å²) in [6.07, 6.45) is 0. The van der Waals surface area contributed by atoms with Crippen LogP contribution in [0.3, 0.4) is 0 Å². The van der Waals surface area contributed by atoms with Crippen LogP contribution < -0.4 is 5.32 Å². The van der Waals surface area contributed by atoms with Crippen LogP contribution in [-0.4, -0.2) is 10.3 Å². The van der Waals surface area contributed by atoms with Crippen LogP contribution >= 0.6 is 23.1 Å². The van der Waals surface area contributed by atoms with Crippen molar-refractivity contribution < 1.29 is 4.79 Å². The van der Waals surface area contributed by atoms with Crippen LogP contribution in [0.25, 0.3) is 0 Å². The Balaban J connectivity index is 2.28. The molecule has 0 atom stereocenters. The van der Waals surface area contributed by atoms with Crippen LogP contribution in [-0.2, 0) is 0 Å². The summed E-state index contributed by atoms with van der Waals surface area (Å²) in [6.45, 7) is 1.73. The summed E-state index contributed by atoms with van der Waals surface area (Å²) in [5, 5.41) is 11.9. The largest absolute Gasteiger partial charge is 0.320 e. The van der Waals surface area contributed by atoms with E-state index in [4.69, 9.17) is 16.9 Å². The highest BCUT2D eigenvalue weighted by atomic mass is 35.5. The van der Waals surface area contributed by atoms with E-state index in [0.29, 0.717) is 26.8 Å². The van der Waals surface area contributed by atoms with Crippen molar-refractivity contribution in [1.82, 2.24) is 4.37 Å². The molecule has 0 fully saturated rings. The Morgan fingerprint density at radius 3 is 2.83 bits per heavy atom. The van der Waals surface area contributed by atoms with Gasteiger partial charge in [0.2, 0.25) is 0 Å². The molecule has 0 radical (unpaired) electrons. The summed E-state index contributed by atoms with van der Waals surface area (Å²) >= 11 is 6.84. The first-order chi connectivity index (χ1) is 8.63. The molecule has 0 aliphatic carbocycles. The number of nitrogens with zero attached hydrogens (tertiary/aromatic N) is 2. The van der Waals surface area contributed by atoms with Gasteiger partial charge in [-0.2, -0.15) is 9.64 Å². The number of halogens is 1. The lowest BCUT2D eigenvalue weighted by molar-refractivity contribution is 0.103. The van der Waals surface area contributed by atoms with E-state index >= 15 is 0 Å². The van der Waals surface area contributed by atoms with Gasteiger partial charge in [0.1, 0.15) is 16.1 Å². The predicted octanol–water partition coefficient (Wildman–Crippen LogP) is 3.23. The maximum Gasteiger partial charge on any atom is 0.267 e. The normalized spacial score (nSPS) is 9.83. The zero-order valence-corrected chi connectivity index (χ0v) is 11.0. The van der Waals surface area contributed by atoms with Crippen molar-refractivity contribution in [2.75, 3.05) is 5.32 Å². The van der Waals surface area contributed by atoms with Gasteiger partial charge in [0.15, 0.2) is 0 Å². The second-order valence-electron chi connectivity index (χ2n) is 3.54. The van der Waals surface area contributed by atoms with Crippen LogP contribution in [0.4, 0.5) is 5.69 Å². The number of benzene rings is 1. The van der Waals surface area contributed by atoms with Gasteiger partial charge in [0.05, 0.1) is 11.3 Å². The third-order valence-electron chi connectivity index (χ3n) is 2.37. The van der Waals surface area contributed by atoms with E-state index in [0.717, 1.165) is 11.5 Å². The third-order valence-corrected chi connectivity index (χ3v) is 3.79. The molecule has 2 rings (SSSR count). The van der Waals surface area contributed by atoms with Crippen molar-refractivity contribution in [3.05, 3.63) is 45.4 Å². The fraction of sp³-hybridized carbons (Fsp3) is 0.0833. The van der Waals surface area contributed by atoms with Crippen molar-refractivity contribution in [2.24, 2.45) is 0 Å². The minimum absolute atomic E-state index is 0.306. The van der Waals surface area contributed by atoms with Gasteiger partial charge in [-0.3, -0.25) is 4.79 Å². The average molecular weight is 278 g/mol. The lowest BCUT2D eigenvalue weighted by atomic mass is 10.2. The maximum atomic E-state index is 12.0. The Hall–Kier alpha value is -1.90. The van der Waals surface area contributed by atoms with Gasteiger partial charge >= 0.3 is 0 Å². The predicted molar refractivity (Wildman–Crippen MR) is 71.0 cm³/mol. The first kappa shape index (κ1) is 12.6. The Labute approximate surface area is 113 Å². The molecule has 6 heteroatoms. The average Bonchev–Trinajstić information content (AvgIpc) is 2.71. The lowest BCUT2D eigenvalue weighted by Gasteiger charge is -2.05. The molecule has 0 saturated heterocycles. The smallest absolute Gasteiger partial charge is 0.267 e. The summed E-state index contributed by atoms with van der Waals surface area (Å²) in [4.78, 5) is 12.5. The van der Waals surface area contributed by atoms with Crippen molar-refractivity contribution in [3.63, 3.8) is 0 Å². The van der Waals surface area contributed by atoms with Gasteiger partial charge in [-0.05, 0) is 30.6 Å². The van der Waals surface area contributed by atoms with E-state index in [2.05, 4.69) is 9.69 Å². The Kier molecular flexibility index (Phi) is 3.60. The first-order valence-electron chi connectivity index (χ1n) is 5.05. The number of rotatable bonds is 2. The van der Waals surface area contributed by atoms with E-state index < -0.39 is 0 Å². The van der Waals surface area contributed by atoms with E-state index in [9.17, 15) is 4.79 Å². The molecule has 0 unspecified atom stereocenters. The standard InChI is InChI=1S/C12H8ClN3OS/c1-7-10(18-16-11(7)13)12(17)15-9-5-3-2-4-8(9)6-14/h2-5H,1H3,(H,15,17). The number of nitriles is 1. The second kappa shape index (κ2) is 5.17. The molecule has 0 spiro atoms. The van der Waals surface area contributed by atoms with E-state index in [1.807, 2.05) is 6.07 Å². The highest BCUT2D eigenvalue weighted by molar-refractivity contribution is 7.08. The van der Waals surface area contributed by atoms with Crippen molar-refractivity contribution in [1.29, 1.82) is 5.26 Å². The molecule has 1 heterocycles. The Morgan fingerprint density at radius 1 is 1.50 bits per heavy atom. The van der Waals surface area contributed by atoms with Crippen molar-refractivity contribution >= 4 is 34.7 Å². The number of carbonyl (C=O) groups excluding carboxylic acids is 1. The molecule has 0 saturated carbocycles. The van der Waals surface area contributed by atoms with Gasteiger partial charge in [-0.1, -0.05) is 23.7 Å². The zero-order valence-electron chi connectivity index (χ0n) is 9.40. The van der Waals surface area contributed by atoms with Crippen LogP contribution in [0.1, 0.15) is 20.8 Å². The number of aromatic nitrogens is 1. The summed E-state index contributed by atoms with van der Waals surface area (Å²) < 4.78 is 3.90. The molecule has 90 valence electrons. The van der Waals surface area contributed by atoms with Gasteiger partial charge in [-0.15, -0.1) is 0 Å². The monoisotopic (exact) mass is 277 g/mol. The highest BCUT2D eigenvalue weighted by Crippen LogP contribution is 2.23. The quantitative estimate of drug-likeness (QED) is 0.916. The Bertz CT molecular complexity index is 645. The number of hydrogen-bond acceptors (Lipinski definition) is 4. The van der Waals surface area contributed by atoms with E-state index in [1.54, 1.807) is 31.2 Å². The van der Waals surface area contributed by atoms with Crippen LogP contribution in [0, 0.1) is 18.3 Å². The third kappa shape index (κ3) is 2.35. The fourth-order valence-corrected chi connectivity index (χ4v) is 2.33. The summed E-state index contributed by atoms with van der Waals surface area (Å²) in [5.41, 5.74) is 1.54. The SMILES string of the molecule is Cc1c(Cl)nsc1C(=O)Nc1ccccc1C#N. The summed E-state index contributed by atoms with van der Waals surface area (Å²) in [7, 11) is 0. The van der Waals surface area contributed by atoms with Crippen LogP contribution in [0.15, 0.2) is 24.3 Å². The summed E-state index contributed by atoms with van der Waals surface area (Å²) in [5.74, 6) is -0.306. The molecular formula is C12H8ClN3OS. The highest BCUT2D eigenvalue weighted by Gasteiger charge is 2.16. The van der Waals surface area contributed by atoms with Crippen molar-refractivity contribution in [2.45, 2.75) is 6.92 Å². The number of carbonyl (C=O) groups is 1. The second-order valence-corrected chi connectivity index (χ2v) is 4.67. The van der Waals surface area contributed by atoms with Crippen LogP contribution in [0.2, 0.25) is 5.15 Å². The molecule has 4 nitrogen and oxygen atoms in total. The lowest BCUT2D eigenvalue weighted by Crippen LogP contribution is -2.12. The van der Waals surface area contributed by atoms with Gasteiger partial charge < -0.3 is 5.32 Å². The van der Waals surface area contributed by atoms with Gasteiger partial charge in [0, 0.05) is 5.56 Å². The molecule has 1 aromatic heterocycles. The molecular weight excluding hydrogens is 270 g/mol. The Morgan fingerprint density at radius 2 is 2.22 bits per heavy atom. The maximum absolute atomic E-state index is 12.0. The van der Waals surface area contributed by atoms with Crippen LogP contribution in [0.5, 0.6) is 0 Å². The molecule has 1 N–H and O–H groups in total. The first-order valence-corrected chi connectivity index (χ1v) is 6.21. The van der Waals surface area contributed by atoms with E-state index in [1.165, 1.54) is 0 Å².